The molecule has 1 aromatic carbocycles. The fourth-order valence-corrected chi connectivity index (χ4v) is 2.58. The second-order valence-corrected chi connectivity index (χ2v) is 5.52. The summed E-state index contributed by atoms with van der Waals surface area (Å²) >= 11 is 3.30. The monoisotopic (exact) mass is 312 g/mol. The maximum atomic E-state index is 12.0. The summed E-state index contributed by atoms with van der Waals surface area (Å²) < 4.78 is 0.708. The van der Waals surface area contributed by atoms with Crippen molar-refractivity contribution in [2.24, 2.45) is 0 Å². The van der Waals surface area contributed by atoms with Crippen LogP contribution in [0.2, 0.25) is 0 Å². The molecule has 4 N–H and O–H groups in total. The van der Waals surface area contributed by atoms with Crippen LogP contribution >= 0.6 is 15.9 Å². The van der Waals surface area contributed by atoms with Gasteiger partial charge in [0.2, 0.25) is 0 Å². The molecular weight excluding hydrogens is 296 g/mol. The first-order valence-electron chi connectivity index (χ1n) is 6.12. The van der Waals surface area contributed by atoms with Gasteiger partial charge in [0.05, 0.1) is 12.1 Å². The van der Waals surface area contributed by atoms with Gasteiger partial charge in [-0.3, -0.25) is 4.79 Å². The molecule has 4 nitrogen and oxygen atoms in total. The normalized spacial score (nSPS) is 23.7. The van der Waals surface area contributed by atoms with Crippen LogP contribution in [0.4, 0.5) is 5.69 Å². The van der Waals surface area contributed by atoms with Crippen molar-refractivity contribution in [3.05, 3.63) is 28.2 Å². The standard InChI is InChI=1S/C13H17BrN2O2/c14-9-7-8(5-6-10(9)15)13(18)16-11-3-1-2-4-12(11)17/h5-7,11-12,17H,1-4,15H2,(H,16,18)/t11-,12-/m0/s1. The lowest BCUT2D eigenvalue weighted by Gasteiger charge is -2.28. The molecule has 0 unspecified atom stereocenters. The Kier molecular flexibility index (Phi) is 4.24. The van der Waals surface area contributed by atoms with Crippen molar-refractivity contribution in [3.63, 3.8) is 0 Å². The van der Waals surface area contributed by atoms with Crippen LogP contribution in [0.15, 0.2) is 22.7 Å². The van der Waals surface area contributed by atoms with Gasteiger partial charge in [-0.25, -0.2) is 0 Å². The Hall–Kier alpha value is -1.07. The third-order valence-electron chi connectivity index (χ3n) is 3.31. The predicted octanol–water partition coefficient (Wildman–Crippen LogP) is 2.06. The molecule has 1 fully saturated rings. The first-order chi connectivity index (χ1) is 8.58. The molecule has 0 bridgehead atoms. The SMILES string of the molecule is Nc1ccc(C(=O)N[C@H]2CCCC[C@@H]2O)cc1Br. The lowest BCUT2D eigenvalue weighted by molar-refractivity contribution is 0.0717. The molecule has 0 spiro atoms. The van der Waals surface area contributed by atoms with Crippen LogP contribution in [-0.4, -0.2) is 23.2 Å². The fraction of sp³-hybridized carbons (Fsp3) is 0.462. The van der Waals surface area contributed by atoms with E-state index in [4.69, 9.17) is 5.73 Å². The lowest BCUT2D eigenvalue weighted by Crippen LogP contribution is -2.45. The van der Waals surface area contributed by atoms with E-state index in [0.29, 0.717) is 15.7 Å². The third kappa shape index (κ3) is 3.03. The van der Waals surface area contributed by atoms with Crippen LogP contribution in [0.3, 0.4) is 0 Å². The van der Waals surface area contributed by atoms with Gasteiger partial charge in [-0.1, -0.05) is 12.8 Å². The maximum absolute atomic E-state index is 12.0. The van der Waals surface area contributed by atoms with Gasteiger partial charge in [0.1, 0.15) is 0 Å². The molecule has 1 aliphatic carbocycles. The number of anilines is 1. The zero-order chi connectivity index (χ0) is 13.1. The Morgan fingerprint density at radius 1 is 1.39 bits per heavy atom. The molecule has 1 aromatic rings. The van der Waals surface area contributed by atoms with Gasteiger partial charge < -0.3 is 16.2 Å². The Labute approximate surface area is 115 Å². The van der Waals surface area contributed by atoms with Crippen molar-refractivity contribution in [2.75, 3.05) is 5.73 Å². The summed E-state index contributed by atoms with van der Waals surface area (Å²) in [6, 6.07) is 4.93. The fourth-order valence-electron chi connectivity index (χ4n) is 2.20. The van der Waals surface area contributed by atoms with Gasteiger partial charge in [-0.05, 0) is 47.0 Å². The number of aliphatic hydroxyl groups is 1. The van der Waals surface area contributed by atoms with Crippen molar-refractivity contribution >= 4 is 27.5 Å². The van der Waals surface area contributed by atoms with Crippen LogP contribution in [0.25, 0.3) is 0 Å². The topological polar surface area (TPSA) is 75.4 Å². The zero-order valence-corrected chi connectivity index (χ0v) is 11.6. The highest BCUT2D eigenvalue weighted by molar-refractivity contribution is 9.10. The smallest absolute Gasteiger partial charge is 0.251 e. The third-order valence-corrected chi connectivity index (χ3v) is 4.00. The van der Waals surface area contributed by atoms with Gasteiger partial charge in [0, 0.05) is 15.7 Å². The molecule has 1 aliphatic rings. The molecule has 0 aliphatic heterocycles. The molecule has 0 heterocycles. The van der Waals surface area contributed by atoms with Crippen LogP contribution in [0.1, 0.15) is 36.0 Å². The van der Waals surface area contributed by atoms with E-state index in [1.54, 1.807) is 18.2 Å². The second-order valence-electron chi connectivity index (χ2n) is 4.67. The second kappa shape index (κ2) is 5.71. The number of carbonyl (C=O) groups excluding carboxylic acids is 1. The number of benzene rings is 1. The Balaban J connectivity index is 2.04. The van der Waals surface area contributed by atoms with E-state index in [1.165, 1.54) is 0 Å². The molecule has 1 saturated carbocycles. The number of nitrogens with one attached hydrogen (secondary N) is 1. The van der Waals surface area contributed by atoms with E-state index >= 15 is 0 Å². The first-order valence-corrected chi connectivity index (χ1v) is 6.91. The number of carbonyl (C=O) groups is 1. The van der Waals surface area contributed by atoms with E-state index in [9.17, 15) is 9.90 Å². The molecule has 5 heteroatoms. The highest BCUT2D eigenvalue weighted by atomic mass is 79.9. The summed E-state index contributed by atoms with van der Waals surface area (Å²) in [5.41, 5.74) is 6.83. The van der Waals surface area contributed by atoms with Gasteiger partial charge >= 0.3 is 0 Å². The molecule has 0 saturated heterocycles. The number of nitrogens with two attached hydrogens (primary N) is 1. The first kappa shape index (κ1) is 13.4. The molecule has 1 amide bonds. The quantitative estimate of drug-likeness (QED) is 0.732. The molecule has 0 aromatic heterocycles. The van der Waals surface area contributed by atoms with Crippen molar-refractivity contribution < 1.29 is 9.90 Å². The van der Waals surface area contributed by atoms with Crippen LogP contribution in [-0.2, 0) is 0 Å². The minimum absolute atomic E-state index is 0.137. The number of nitrogen functional groups attached to an aromatic ring is 1. The summed E-state index contributed by atoms with van der Waals surface area (Å²) in [7, 11) is 0. The van der Waals surface area contributed by atoms with E-state index in [1.807, 2.05) is 0 Å². The van der Waals surface area contributed by atoms with Gasteiger partial charge in [-0.15, -0.1) is 0 Å². The molecule has 18 heavy (non-hydrogen) atoms. The molecule has 0 radical (unpaired) electrons. The largest absolute Gasteiger partial charge is 0.398 e. The van der Waals surface area contributed by atoms with Crippen molar-refractivity contribution in [1.82, 2.24) is 5.32 Å². The molecule has 2 rings (SSSR count). The summed E-state index contributed by atoms with van der Waals surface area (Å²) in [4.78, 5) is 12.0. The Morgan fingerprint density at radius 2 is 2.11 bits per heavy atom. The number of aliphatic hydroxyl groups excluding tert-OH is 1. The summed E-state index contributed by atoms with van der Waals surface area (Å²) in [5, 5.41) is 12.7. The average molecular weight is 313 g/mol. The average Bonchev–Trinajstić information content (AvgIpc) is 2.35. The lowest BCUT2D eigenvalue weighted by atomic mass is 9.92. The zero-order valence-electron chi connectivity index (χ0n) is 10.0. The van der Waals surface area contributed by atoms with Crippen LogP contribution in [0.5, 0.6) is 0 Å². The summed E-state index contributed by atoms with van der Waals surface area (Å²) in [5.74, 6) is -0.165. The van der Waals surface area contributed by atoms with Crippen molar-refractivity contribution in [1.29, 1.82) is 0 Å². The van der Waals surface area contributed by atoms with Gasteiger partial charge in [0.15, 0.2) is 0 Å². The number of hydrogen-bond donors (Lipinski definition) is 3. The maximum Gasteiger partial charge on any atom is 0.251 e. The number of amides is 1. The number of hydrogen-bond acceptors (Lipinski definition) is 3. The van der Waals surface area contributed by atoms with E-state index in [-0.39, 0.29) is 11.9 Å². The summed E-state index contributed by atoms with van der Waals surface area (Å²) in [6.45, 7) is 0. The van der Waals surface area contributed by atoms with Crippen LogP contribution < -0.4 is 11.1 Å². The molecule has 2 atom stereocenters. The van der Waals surface area contributed by atoms with E-state index in [0.717, 1.165) is 25.7 Å². The van der Waals surface area contributed by atoms with Crippen LogP contribution in [0, 0.1) is 0 Å². The van der Waals surface area contributed by atoms with Crippen molar-refractivity contribution in [3.8, 4) is 0 Å². The number of rotatable bonds is 2. The Morgan fingerprint density at radius 3 is 2.78 bits per heavy atom. The van der Waals surface area contributed by atoms with Gasteiger partial charge in [0.25, 0.3) is 5.91 Å². The summed E-state index contributed by atoms with van der Waals surface area (Å²) in [6.07, 6.45) is 3.24. The highest BCUT2D eigenvalue weighted by Crippen LogP contribution is 2.22. The number of halogens is 1. The predicted molar refractivity (Wildman–Crippen MR) is 74.3 cm³/mol. The Bertz CT molecular complexity index is 451. The highest BCUT2D eigenvalue weighted by Gasteiger charge is 2.24. The molecular formula is C13H17BrN2O2. The van der Waals surface area contributed by atoms with Crippen molar-refractivity contribution in [2.45, 2.75) is 37.8 Å². The minimum Gasteiger partial charge on any atom is -0.398 e. The molecule has 98 valence electrons. The van der Waals surface area contributed by atoms with Gasteiger partial charge in [-0.2, -0.15) is 0 Å². The van der Waals surface area contributed by atoms with E-state index in [2.05, 4.69) is 21.2 Å². The minimum atomic E-state index is -0.431. The van der Waals surface area contributed by atoms with E-state index < -0.39 is 6.10 Å².